The fourth-order valence-electron chi connectivity index (χ4n) is 5.51. The summed E-state index contributed by atoms with van der Waals surface area (Å²) in [6.45, 7) is 3.28. The van der Waals surface area contributed by atoms with E-state index in [0.717, 1.165) is 24.4 Å². The van der Waals surface area contributed by atoms with Crippen LogP contribution in [0.25, 0.3) is 16.9 Å². The lowest BCUT2D eigenvalue weighted by molar-refractivity contribution is -0.143. The second-order valence-electron chi connectivity index (χ2n) is 10.2. The predicted octanol–water partition coefficient (Wildman–Crippen LogP) is 4.89. The van der Waals surface area contributed by atoms with Gasteiger partial charge in [0.15, 0.2) is 11.3 Å². The molecule has 1 amide bonds. The van der Waals surface area contributed by atoms with Gasteiger partial charge in [-0.05, 0) is 55.8 Å². The summed E-state index contributed by atoms with van der Waals surface area (Å²) in [5.41, 5.74) is -0.792. The molecule has 1 aliphatic rings. The fraction of sp³-hybridized carbons (Fsp3) is 0.345. The Balaban J connectivity index is 1.48. The molecule has 5 rings (SSSR count). The molecular formula is C29H28F5N5O3. The van der Waals surface area contributed by atoms with Gasteiger partial charge in [0, 0.05) is 42.9 Å². The van der Waals surface area contributed by atoms with Crippen molar-refractivity contribution >= 4 is 11.6 Å². The van der Waals surface area contributed by atoms with Crippen LogP contribution >= 0.6 is 0 Å². The number of rotatable bonds is 6. The van der Waals surface area contributed by atoms with Crippen LogP contribution in [0.1, 0.15) is 40.1 Å². The summed E-state index contributed by atoms with van der Waals surface area (Å²) in [6, 6.07) is 8.27. The number of carbonyl (C=O) groups excluding carboxylic acids is 1. The second-order valence-corrected chi connectivity index (χ2v) is 10.2. The van der Waals surface area contributed by atoms with Gasteiger partial charge in [-0.1, -0.05) is 0 Å². The molecule has 4 aromatic rings. The normalized spacial score (nSPS) is 17.1. The number of halogens is 5. The number of ether oxygens (including phenoxy) is 1. The Morgan fingerprint density at radius 1 is 1.12 bits per heavy atom. The molecule has 8 nitrogen and oxygen atoms in total. The molecule has 1 aliphatic heterocycles. The van der Waals surface area contributed by atoms with Crippen molar-refractivity contribution in [1.82, 2.24) is 24.4 Å². The minimum Gasteiger partial charge on any atom is -0.497 e. The highest BCUT2D eigenvalue weighted by molar-refractivity contribution is 6.00. The first kappa shape index (κ1) is 29.4. The van der Waals surface area contributed by atoms with Gasteiger partial charge in [0.05, 0.1) is 31.6 Å². The van der Waals surface area contributed by atoms with Crippen LogP contribution in [0.15, 0.2) is 48.7 Å². The zero-order valence-corrected chi connectivity index (χ0v) is 23.0. The highest BCUT2D eigenvalue weighted by Crippen LogP contribution is 2.37. The summed E-state index contributed by atoms with van der Waals surface area (Å²) in [7, 11) is 1.47. The van der Waals surface area contributed by atoms with E-state index in [0.29, 0.717) is 15.8 Å². The monoisotopic (exact) mass is 589 g/mol. The smallest absolute Gasteiger partial charge is 0.433 e. The Morgan fingerprint density at radius 3 is 2.36 bits per heavy atom. The van der Waals surface area contributed by atoms with E-state index in [9.17, 15) is 31.9 Å². The molecule has 13 heteroatoms. The third-order valence-corrected chi connectivity index (χ3v) is 7.55. The Bertz CT molecular complexity index is 1600. The van der Waals surface area contributed by atoms with Crippen molar-refractivity contribution in [2.45, 2.75) is 32.1 Å². The maximum absolute atomic E-state index is 14.3. The zero-order valence-electron chi connectivity index (χ0n) is 23.0. The van der Waals surface area contributed by atoms with E-state index in [1.165, 1.54) is 18.9 Å². The average Bonchev–Trinajstić information content (AvgIpc) is 3.35. The molecule has 3 heterocycles. The molecule has 0 radical (unpaired) electrons. The van der Waals surface area contributed by atoms with Crippen LogP contribution < -0.4 is 4.74 Å². The lowest BCUT2D eigenvalue weighted by Crippen LogP contribution is -2.55. The lowest BCUT2D eigenvalue weighted by atomic mass is 10.0. The van der Waals surface area contributed by atoms with Gasteiger partial charge in [-0.25, -0.2) is 18.3 Å². The number of aliphatic hydroxyl groups is 1. The molecule has 2 atom stereocenters. The van der Waals surface area contributed by atoms with Crippen molar-refractivity contribution < 1.29 is 36.6 Å². The number of alkyl halides is 3. The third kappa shape index (κ3) is 5.41. The van der Waals surface area contributed by atoms with Crippen LogP contribution in [0.5, 0.6) is 5.75 Å². The lowest BCUT2D eigenvalue weighted by Gasteiger charge is -2.43. The van der Waals surface area contributed by atoms with E-state index in [4.69, 9.17) is 4.74 Å². The summed E-state index contributed by atoms with van der Waals surface area (Å²) >= 11 is 0. The number of methoxy groups -OCH3 is 1. The van der Waals surface area contributed by atoms with E-state index < -0.39 is 48.1 Å². The number of aliphatic hydroxyl groups excluding tert-OH is 1. The number of aromatic nitrogens is 3. The summed E-state index contributed by atoms with van der Waals surface area (Å²) in [5, 5.41) is 13.9. The van der Waals surface area contributed by atoms with Crippen LogP contribution in [0.4, 0.5) is 22.0 Å². The average molecular weight is 590 g/mol. The topological polar surface area (TPSA) is 83.2 Å². The first-order chi connectivity index (χ1) is 19.9. The highest BCUT2D eigenvalue weighted by atomic mass is 19.4. The number of fused-ring (bicyclic) bond motifs is 1. The summed E-state index contributed by atoms with van der Waals surface area (Å²) in [6.07, 6.45) is -3.70. The molecule has 0 saturated carbocycles. The van der Waals surface area contributed by atoms with Gasteiger partial charge in [0.1, 0.15) is 22.9 Å². The molecule has 1 fully saturated rings. The SMILES string of the molecule is COc1ccc(-c2nc3c(C(=O)N4CCN([C@@H](CO)c5cc(F)cc(F)c5)C[C@H]4C)cnn3c(C(F)(F)F)c2C)cc1. The Hall–Kier alpha value is -4.10. The van der Waals surface area contributed by atoms with Crippen molar-refractivity contribution in [3.63, 3.8) is 0 Å². The molecule has 0 spiro atoms. The number of hydrogen-bond acceptors (Lipinski definition) is 6. The standard InChI is InChI=1S/C29H28F5N5O3/c1-16-14-37(24(15-40)19-10-20(30)12-21(31)11-19)8-9-38(16)28(41)23-13-35-39-26(29(32,33)34)17(2)25(36-27(23)39)18-4-6-22(42-3)7-5-18/h4-7,10-13,16,24,40H,8-9,14-15H2,1-3H3/t16-,24+/m1/s1. The van der Waals surface area contributed by atoms with Crippen molar-refractivity contribution in [2.24, 2.45) is 0 Å². The zero-order chi connectivity index (χ0) is 30.3. The Morgan fingerprint density at radius 2 is 1.79 bits per heavy atom. The number of benzene rings is 2. The van der Waals surface area contributed by atoms with E-state index in [1.54, 1.807) is 31.2 Å². The number of piperazine rings is 1. The van der Waals surface area contributed by atoms with Crippen molar-refractivity contribution in [3.8, 4) is 17.0 Å². The van der Waals surface area contributed by atoms with Crippen molar-refractivity contribution in [2.75, 3.05) is 33.4 Å². The van der Waals surface area contributed by atoms with Crippen LogP contribution in [-0.2, 0) is 6.18 Å². The van der Waals surface area contributed by atoms with Gasteiger partial charge in [-0.3, -0.25) is 9.69 Å². The summed E-state index contributed by atoms with van der Waals surface area (Å²) in [5.74, 6) is -1.57. The van der Waals surface area contributed by atoms with Gasteiger partial charge in [-0.2, -0.15) is 18.3 Å². The van der Waals surface area contributed by atoms with Crippen molar-refractivity contribution in [1.29, 1.82) is 0 Å². The van der Waals surface area contributed by atoms with E-state index in [2.05, 4.69) is 10.1 Å². The molecular weight excluding hydrogens is 561 g/mol. The summed E-state index contributed by atoms with van der Waals surface area (Å²) in [4.78, 5) is 21.5. The largest absolute Gasteiger partial charge is 0.497 e. The molecule has 1 N–H and O–H groups in total. The minimum atomic E-state index is -4.78. The van der Waals surface area contributed by atoms with Gasteiger partial charge >= 0.3 is 6.18 Å². The van der Waals surface area contributed by atoms with Crippen LogP contribution in [0.3, 0.4) is 0 Å². The molecule has 222 valence electrons. The molecule has 0 aliphatic carbocycles. The first-order valence-corrected chi connectivity index (χ1v) is 13.1. The fourth-order valence-corrected chi connectivity index (χ4v) is 5.51. The Labute approximate surface area is 237 Å². The summed E-state index contributed by atoms with van der Waals surface area (Å²) < 4.78 is 76.3. The van der Waals surface area contributed by atoms with E-state index in [1.807, 2.05) is 4.90 Å². The first-order valence-electron chi connectivity index (χ1n) is 13.1. The maximum atomic E-state index is 14.3. The quantitative estimate of drug-likeness (QED) is 0.323. The van der Waals surface area contributed by atoms with Gasteiger partial charge in [0.2, 0.25) is 0 Å². The third-order valence-electron chi connectivity index (χ3n) is 7.55. The maximum Gasteiger partial charge on any atom is 0.433 e. The van der Waals surface area contributed by atoms with E-state index in [-0.39, 0.29) is 47.7 Å². The molecule has 0 unspecified atom stereocenters. The molecule has 2 aromatic carbocycles. The Kier molecular flexibility index (Phi) is 7.90. The minimum absolute atomic E-state index is 0.0537. The van der Waals surface area contributed by atoms with E-state index >= 15 is 0 Å². The van der Waals surface area contributed by atoms with Crippen LogP contribution in [-0.4, -0.2) is 74.8 Å². The molecule has 2 aromatic heterocycles. The van der Waals surface area contributed by atoms with Gasteiger partial charge in [0.25, 0.3) is 5.91 Å². The second kappa shape index (κ2) is 11.3. The predicted molar refractivity (Wildman–Crippen MR) is 143 cm³/mol. The number of amides is 1. The van der Waals surface area contributed by atoms with Gasteiger partial charge < -0.3 is 14.7 Å². The van der Waals surface area contributed by atoms with Crippen LogP contribution in [0, 0.1) is 18.6 Å². The molecule has 1 saturated heterocycles. The highest BCUT2D eigenvalue weighted by Gasteiger charge is 2.40. The molecule has 0 bridgehead atoms. The number of nitrogens with zero attached hydrogens (tertiary/aromatic N) is 5. The van der Waals surface area contributed by atoms with Crippen LogP contribution in [0.2, 0.25) is 0 Å². The van der Waals surface area contributed by atoms with Crippen molar-refractivity contribution in [3.05, 3.63) is 82.7 Å². The van der Waals surface area contributed by atoms with Gasteiger partial charge in [-0.15, -0.1) is 0 Å². The number of hydrogen-bond donors (Lipinski definition) is 1. The molecule has 42 heavy (non-hydrogen) atoms. The number of carbonyl (C=O) groups is 1.